The summed E-state index contributed by atoms with van der Waals surface area (Å²) in [6.45, 7) is 1.90. The van der Waals surface area contributed by atoms with Crippen LogP contribution in [0.4, 0.5) is 0 Å². The predicted octanol–water partition coefficient (Wildman–Crippen LogP) is 3.33. The second kappa shape index (κ2) is 6.83. The van der Waals surface area contributed by atoms with Gasteiger partial charge in [-0.25, -0.2) is 4.98 Å². The van der Waals surface area contributed by atoms with Crippen molar-refractivity contribution in [2.24, 2.45) is 5.10 Å². The molecule has 1 aliphatic heterocycles. The number of benzene rings is 1. The Balaban J connectivity index is 2.00. The molecule has 0 amide bonds. The maximum atomic E-state index is 9.55. The van der Waals surface area contributed by atoms with Crippen LogP contribution in [0.1, 0.15) is 31.2 Å². The molecule has 0 unspecified atom stereocenters. The molecule has 1 fully saturated rings. The molecule has 0 radical (unpaired) electrons. The molecule has 1 aliphatic rings. The fourth-order valence-electron chi connectivity index (χ4n) is 2.60. The number of hydrogen-bond acceptors (Lipinski definition) is 4. The smallest absolute Gasteiger partial charge is 0.166 e. The fourth-order valence-corrected chi connectivity index (χ4v) is 2.86. The summed E-state index contributed by atoms with van der Waals surface area (Å²) in [5.41, 5.74) is 0.779. The van der Waals surface area contributed by atoms with Gasteiger partial charge in [-0.15, -0.1) is 0 Å². The van der Waals surface area contributed by atoms with E-state index in [1.165, 1.54) is 18.9 Å². The molecule has 2 aromatic rings. The van der Waals surface area contributed by atoms with Crippen molar-refractivity contribution in [2.45, 2.75) is 25.7 Å². The molecule has 0 aliphatic carbocycles. The molecule has 1 N–H and O–H groups in total. The Kier molecular flexibility index (Phi) is 4.63. The predicted molar refractivity (Wildman–Crippen MR) is 87.3 cm³/mol. The second-order valence-electron chi connectivity index (χ2n) is 5.43. The van der Waals surface area contributed by atoms with E-state index in [4.69, 9.17) is 16.7 Å². The Hall–Kier alpha value is -2.01. The summed E-state index contributed by atoms with van der Waals surface area (Å²) >= 11 is 6.30. The molecule has 22 heavy (non-hydrogen) atoms. The third-order valence-corrected chi connectivity index (χ3v) is 4.07. The lowest BCUT2D eigenvalue weighted by atomic mass is 10.2. The van der Waals surface area contributed by atoms with E-state index < -0.39 is 0 Å². The average Bonchev–Trinajstić information content (AvgIpc) is 2.90. The summed E-state index contributed by atoms with van der Waals surface area (Å²) in [5.74, 6) is 0.873. The minimum Gasteiger partial charge on any atom is -0.508 e. The SMILES string of the molecule is Oc1ccc(C(=NN2CCCCCC2)n2ccnc2)c(Cl)c1. The first-order valence-corrected chi connectivity index (χ1v) is 7.92. The molecule has 0 bridgehead atoms. The van der Waals surface area contributed by atoms with Gasteiger partial charge in [-0.3, -0.25) is 9.58 Å². The molecule has 116 valence electrons. The van der Waals surface area contributed by atoms with Crippen molar-refractivity contribution in [1.29, 1.82) is 0 Å². The van der Waals surface area contributed by atoms with Crippen molar-refractivity contribution >= 4 is 17.4 Å². The lowest BCUT2D eigenvalue weighted by Gasteiger charge is -2.19. The molecule has 1 saturated heterocycles. The van der Waals surface area contributed by atoms with Crippen molar-refractivity contribution in [3.05, 3.63) is 47.5 Å². The molecule has 0 saturated carbocycles. The fraction of sp³-hybridized carbons (Fsp3) is 0.375. The zero-order chi connectivity index (χ0) is 15.4. The third kappa shape index (κ3) is 3.42. The lowest BCUT2D eigenvalue weighted by molar-refractivity contribution is 0.300. The van der Waals surface area contributed by atoms with Crippen LogP contribution < -0.4 is 0 Å². The summed E-state index contributed by atoms with van der Waals surface area (Å²) in [6, 6.07) is 4.94. The summed E-state index contributed by atoms with van der Waals surface area (Å²) in [7, 11) is 0. The molecular weight excluding hydrogens is 300 g/mol. The topological polar surface area (TPSA) is 53.7 Å². The molecule has 6 heteroatoms. The van der Waals surface area contributed by atoms with Gasteiger partial charge in [0.1, 0.15) is 12.1 Å². The second-order valence-corrected chi connectivity index (χ2v) is 5.83. The van der Waals surface area contributed by atoms with Gasteiger partial charge in [-0.2, -0.15) is 5.10 Å². The number of phenolic OH excluding ortho intramolecular Hbond substituents is 1. The summed E-state index contributed by atoms with van der Waals surface area (Å²) < 4.78 is 1.85. The maximum absolute atomic E-state index is 9.55. The first-order chi connectivity index (χ1) is 10.7. The molecule has 1 aromatic carbocycles. The standard InChI is InChI=1S/C16H19ClN4O/c17-15-11-13(22)5-6-14(15)16(20-10-7-18-12-20)19-21-8-3-1-2-4-9-21/h5-7,10-12,22H,1-4,8-9H2. The first-order valence-electron chi connectivity index (χ1n) is 7.55. The Labute approximate surface area is 134 Å². The quantitative estimate of drug-likeness (QED) is 0.682. The van der Waals surface area contributed by atoms with Gasteiger partial charge in [-0.1, -0.05) is 24.4 Å². The average molecular weight is 319 g/mol. The van der Waals surface area contributed by atoms with Gasteiger partial charge in [0, 0.05) is 31.0 Å². The Bertz CT molecular complexity index is 646. The number of nitrogens with zero attached hydrogens (tertiary/aromatic N) is 4. The van der Waals surface area contributed by atoms with Gasteiger partial charge >= 0.3 is 0 Å². The number of aromatic hydroxyl groups is 1. The van der Waals surface area contributed by atoms with Gasteiger partial charge in [0.15, 0.2) is 5.84 Å². The normalized spacial score (nSPS) is 16.6. The summed E-state index contributed by atoms with van der Waals surface area (Å²) in [5, 5.41) is 16.9. The summed E-state index contributed by atoms with van der Waals surface area (Å²) in [4.78, 5) is 4.10. The number of rotatable bonds is 2. The van der Waals surface area contributed by atoms with Crippen molar-refractivity contribution in [2.75, 3.05) is 13.1 Å². The van der Waals surface area contributed by atoms with E-state index in [1.54, 1.807) is 24.7 Å². The zero-order valence-electron chi connectivity index (χ0n) is 12.3. The highest BCUT2D eigenvalue weighted by atomic mass is 35.5. The Morgan fingerprint density at radius 3 is 2.59 bits per heavy atom. The molecule has 2 heterocycles. The number of phenols is 1. The van der Waals surface area contributed by atoms with E-state index >= 15 is 0 Å². The Morgan fingerprint density at radius 2 is 1.95 bits per heavy atom. The largest absolute Gasteiger partial charge is 0.508 e. The van der Waals surface area contributed by atoms with Crippen LogP contribution in [0.5, 0.6) is 5.75 Å². The monoisotopic (exact) mass is 318 g/mol. The van der Waals surface area contributed by atoms with Crippen molar-refractivity contribution < 1.29 is 5.11 Å². The highest BCUT2D eigenvalue weighted by Gasteiger charge is 2.14. The van der Waals surface area contributed by atoms with Gasteiger partial charge in [0.2, 0.25) is 0 Å². The van der Waals surface area contributed by atoms with Crippen LogP contribution in [0.2, 0.25) is 5.02 Å². The maximum Gasteiger partial charge on any atom is 0.166 e. The lowest BCUT2D eigenvalue weighted by Crippen LogP contribution is -2.24. The van der Waals surface area contributed by atoms with Crippen LogP contribution in [0.25, 0.3) is 0 Å². The van der Waals surface area contributed by atoms with Gasteiger partial charge in [0.25, 0.3) is 0 Å². The zero-order valence-corrected chi connectivity index (χ0v) is 13.1. The molecule has 3 rings (SSSR count). The third-order valence-electron chi connectivity index (χ3n) is 3.76. The van der Waals surface area contributed by atoms with E-state index in [-0.39, 0.29) is 5.75 Å². The first kappa shape index (κ1) is 14.9. The van der Waals surface area contributed by atoms with Crippen LogP contribution in [0.3, 0.4) is 0 Å². The summed E-state index contributed by atoms with van der Waals surface area (Å²) in [6.07, 6.45) is 10.1. The van der Waals surface area contributed by atoms with E-state index in [0.29, 0.717) is 5.02 Å². The van der Waals surface area contributed by atoms with E-state index in [2.05, 4.69) is 9.99 Å². The van der Waals surface area contributed by atoms with E-state index in [1.807, 2.05) is 10.8 Å². The number of hydrogen-bond donors (Lipinski definition) is 1. The van der Waals surface area contributed by atoms with Crippen molar-refractivity contribution in [1.82, 2.24) is 14.6 Å². The van der Waals surface area contributed by atoms with Crippen LogP contribution in [-0.2, 0) is 0 Å². The van der Waals surface area contributed by atoms with Gasteiger partial charge < -0.3 is 5.11 Å². The molecule has 0 atom stereocenters. The molecular formula is C16H19ClN4O. The highest BCUT2D eigenvalue weighted by molar-refractivity contribution is 6.34. The van der Waals surface area contributed by atoms with Gasteiger partial charge in [0.05, 0.1) is 5.02 Å². The Morgan fingerprint density at radius 1 is 1.18 bits per heavy atom. The molecule has 0 spiro atoms. The van der Waals surface area contributed by atoms with Gasteiger partial charge in [-0.05, 0) is 31.0 Å². The highest BCUT2D eigenvalue weighted by Crippen LogP contribution is 2.23. The minimum atomic E-state index is 0.147. The van der Waals surface area contributed by atoms with E-state index in [0.717, 1.165) is 37.3 Å². The van der Waals surface area contributed by atoms with Crippen molar-refractivity contribution in [3.8, 4) is 5.75 Å². The van der Waals surface area contributed by atoms with Crippen LogP contribution in [0, 0.1) is 0 Å². The molecule has 5 nitrogen and oxygen atoms in total. The number of hydrazone groups is 1. The van der Waals surface area contributed by atoms with Crippen LogP contribution in [-0.4, -0.2) is 38.6 Å². The number of aromatic nitrogens is 2. The minimum absolute atomic E-state index is 0.147. The van der Waals surface area contributed by atoms with Crippen molar-refractivity contribution in [3.63, 3.8) is 0 Å². The number of halogens is 1. The number of imidazole rings is 1. The molecule has 1 aromatic heterocycles. The van der Waals surface area contributed by atoms with E-state index in [9.17, 15) is 5.11 Å². The van der Waals surface area contributed by atoms with Crippen LogP contribution in [0.15, 0.2) is 42.0 Å². The van der Waals surface area contributed by atoms with Crippen LogP contribution >= 0.6 is 11.6 Å².